The number of pyridine rings is 1. The number of aromatic nitrogens is 1. The molecule has 2 aromatic heterocycles. The fourth-order valence-corrected chi connectivity index (χ4v) is 2.70. The highest BCUT2D eigenvalue weighted by atomic mass is 32.2. The Labute approximate surface area is 109 Å². The number of furan rings is 1. The summed E-state index contributed by atoms with van der Waals surface area (Å²) in [6.45, 7) is 0. The molecule has 0 radical (unpaired) electrons. The first-order valence-corrected chi connectivity index (χ1v) is 7.09. The van der Waals surface area contributed by atoms with Crippen molar-refractivity contribution in [1.29, 1.82) is 0 Å². The van der Waals surface area contributed by atoms with Crippen molar-refractivity contribution in [2.75, 3.05) is 5.75 Å². The quantitative estimate of drug-likeness (QED) is 0.889. The van der Waals surface area contributed by atoms with Crippen LogP contribution in [0.15, 0.2) is 46.2 Å². The Kier molecular flexibility index (Phi) is 3.66. The minimum Gasteiger partial charge on any atom is -0.475 e. The molecule has 0 aliphatic carbocycles. The van der Waals surface area contributed by atoms with Crippen molar-refractivity contribution in [2.24, 2.45) is 0 Å². The molecule has 2 heterocycles. The van der Waals surface area contributed by atoms with Crippen molar-refractivity contribution in [3.8, 4) is 0 Å². The fraction of sp³-hybridized carbons (Fsp3) is 0.167. The highest BCUT2D eigenvalue weighted by Crippen LogP contribution is 2.16. The SMILES string of the molecule is O=C(O)c1ccc(S(=O)(=O)CCc2ccncc2)o1. The Bertz CT molecular complexity index is 675. The van der Waals surface area contributed by atoms with E-state index in [9.17, 15) is 13.2 Å². The molecule has 0 aliphatic rings. The lowest BCUT2D eigenvalue weighted by Crippen LogP contribution is -2.08. The van der Waals surface area contributed by atoms with Gasteiger partial charge in [0.05, 0.1) is 5.75 Å². The summed E-state index contributed by atoms with van der Waals surface area (Å²) in [5.41, 5.74) is 0.837. The van der Waals surface area contributed by atoms with E-state index in [4.69, 9.17) is 9.52 Å². The van der Waals surface area contributed by atoms with Gasteiger partial charge in [-0.05, 0) is 36.2 Å². The first kappa shape index (κ1) is 13.3. The van der Waals surface area contributed by atoms with Crippen molar-refractivity contribution in [2.45, 2.75) is 11.5 Å². The second-order valence-corrected chi connectivity index (χ2v) is 5.89. The molecule has 1 N–H and O–H groups in total. The predicted octanol–water partition coefficient (Wildman–Crippen LogP) is 1.39. The van der Waals surface area contributed by atoms with Gasteiger partial charge in [-0.25, -0.2) is 13.2 Å². The average molecular weight is 281 g/mol. The van der Waals surface area contributed by atoms with Crippen LogP contribution in [0.5, 0.6) is 0 Å². The number of aryl methyl sites for hydroxylation is 1. The topological polar surface area (TPSA) is 97.5 Å². The van der Waals surface area contributed by atoms with Crippen LogP contribution in [0.1, 0.15) is 16.1 Å². The zero-order chi connectivity index (χ0) is 13.9. The Morgan fingerprint density at radius 3 is 2.47 bits per heavy atom. The molecule has 0 bridgehead atoms. The van der Waals surface area contributed by atoms with Crippen LogP contribution in [0.2, 0.25) is 0 Å². The number of carboxylic acids is 1. The monoisotopic (exact) mass is 281 g/mol. The van der Waals surface area contributed by atoms with Gasteiger partial charge in [0, 0.05) is 12.4 Å². The maximum atomic E-state index is 11.9. The van der Waals surface area contributed by atoms with Gasteiger partial charge in [-0.2, -0.15) is 0 Å². The number of hydrogen-bond donors (Lipinski definition) is 1. The van der Waals surface area contributed by atoms with Gasteiger partial charge >= 0.3 is 5.97 Å². The molecule has 0 saturated carbocycles. The summed E-state index contributed by atoms with van der Waals surface area (Å²) in [5, 5.41) is 8.36. The van der Waals surface area contributed by atoms with Crippen LogP contribution in [0.25, 0.3) is 0 Å². The number of sulfone groups is 1. The van der Waals surface area contributed by atoms with E-state index in [1.54, 1.807) is 24.5 Å². The van der Waals surface area contributed by atoms with Crippen LogP contribution in [0, 0.1) is 0 Å². The molecular formula is C12H11NO5S. The molecule has 7 heteroatoms. The van der Waals surface area contributed by atoms with Crippen LogP contribution >= 0.6 is 0 Å². The van der Waals surface area contributed by atoms with Crippen LogP contribution in [0.4, 0.5) is 0 Å². The molecule has 0 atom stereocenters. The predicted molar refractivity (Wildman–Crippen MR) is 65.7 cm³/mol. The zero-order valence-corrected chi connectivity index (χ0v) is 10.6. The van der Waals surface area contributed by atoms with Crippen LogP contribution in [-0.4, -0.2) is 30.2 Å². The lowest BCUT2D eigenvalue weighted by Gasteiger charge is -2.01. The lowest BCUT2D eigenvalue weighted by molar-refractivity contribution is 0.0656. The molecule has 0 unspecified atom stereocenters. The van der Waals surface area contributed by atoms with Crippen LogP contribution < -0.4 is 0 Å². The molecule has 0 aromatic carbocycles. The Balaban J connectivity index is 2.12. The van der Waals surface area contributed by atoms with Crippen LogP contribution in [-0.2, 0) is 16.3 Å². The third-order valence-electron chi connectivity index (χ3n) is 2.51. The molecule has 0 spiro atoms. The van der Waals surface area contributed by atoms with Gasteiger partial charge in [0.1, 0.15) is 0 Å². The van der Waals surface area contributed by atoms with Gasteiger partial charge in [-0.3, -0.25) is 4.98 Å². The van der Waals surface area contributed by atoms with Crippen LogP contribution in [0.3, 0.4) is 0 Å². The van der Waals surface area contributed by atoms with Crippen molar-refractivity contribution in [1.82, 2.24) is 4.98 Å². The summed E-state index contributed by atoms with van der Waals surface area (Å²) in [6, 6.07) is 5.73. The largest absolute Gasteiger partial charge is 0.475 e. The molecule has 19 heavy (non-hydrogen) atoms. The summed E-state index contributed by atoms with van der Waals surface area (Å²) in [6.07, 6.45) is 3.47. The maximum Gasteiger partial charge on any atom is 0.371 e. The molecule has 2 aromatic rings. The van der Waals surface area contributed by atoms with Gasteiger partial charge in [-0.1, -0.05) is 0 Å². The van der Waals surface area contributed by atoms with E-state index in [0.29, 0.717) is 6.42 Å². The summed E-state index contributed by atoms with van der Waals surface area (Å²) < 4.78 is 28.7. The Morgan fingerprint density at radius 1 is 1.21 bits per heavy atom. The molecule has 100 valence electrons. The first-order chi connectivity index (χ1) is 8.99. The molecule has 0 fully saturated rings. The van der Waals surface area contributed by atoms with Crippen molar-refractivity contribution in [3.05, 3.63) is 48.0 Å². The van der Waals surface area contributed by atoms with Crippen molar-refractivity contribution >= 4 is 15.8 Å². The smallest absolute Gasteiger partial charge is 0.371 e. The molecule has 6 nitrogen and oxygen atoms in total. The van der Waals surface area contributed by atoms with E-state index in [0.717, 1.165) is 17.7 Å². The minimum absolute atomic E-state index is 0.149. The van der Waals surface area contributed by atoms with Crippen molar-refractivity contribution < 1.29 is 22.7 Å². The summed E-state index contributed by atoms with van der Waals surface area (Å²) in [5.74, 6) is -1.83. The zero-order valence-electron chi connectivity index (χ0n) is 9.81. The number of carboxylic acid groups (broad SMARTS) is 1. The molecule has 2 rings (SSSR count). The summed E-state index contributed by atoms with van der Waals surface area (Å²) >= 11 is 0. The Morgan fingerprint density at radius 2 is 1.89 bits per heavy atom. The van der Waals surface area contributed by atoms with E-state index < -0.39 is 15.8 Å². The lowest BCUT2D eigenvalue weighted by atomic mass is 10.2. The fourth-order valence-electron chi connectivity index (χ4n) is 1.50. The minimum atomic E-state index is -3.62. The van der Waals surface area contributed by atoms with Gasteiger partial charge in [0.25, 0.3) is 0 Å². The summed E-state index contributed by atoms with van der Waals surface area (Å²) in [7, 11) is -3.62. The Hall–Kier alpha value is -2.15. The highest BCUT2D eigenvalue weighted by molar-refractivity contribution is 7.91. The van der Waals surface area contributed by atoms with Gasteiger partial charge < -0.3 is 9.52 Å². The number of aromatic carboxylic acids is 1. The molecule has 0 aliphatic heterocycles. The van der Waals surface area contributed by atoms with Gasteiger partial charge in [0.2, 0.25) is 20.7 Å². The van der Waals surface area contributed by atoms with E-state index in [-0.39, 0.29) is 16.6 Å². The number of carbonyl (C=O) groups is 1. The number of rotatable bonds is 5. The van der Waals surface area contributed by atoms with E-state index in [1.165, 1.54) is 0 Å². The molecule has 0 amide bonds. The van der Waals surface area contributed by atoms with E-state index in [1.807, 2.05) is 0 Å². The average Bonchev–Trinajstić information content (AvgIpc) is 2.88. The maximum absolute atomic E-state index is 11.9. The van der Waals surface area contributed by atoms with E-state index in [2.05, 4.69) is 4.98 Å². The van der Waals surface area contributed by atoms with Gasteiger partial charge in [-0.15, -0.1) is 0 Å². The van der Waals surface area contributed by atoms with Crippen molar-refractivity contribution in [3.63, 3.8) is 0 Å². The number of nitrogens with zero attached hydrogens (tertiary/aromatic N) is 1. The second-order valence-electron chi connectivity index (χ2n) is 3.85. The summed E-state index contributed by atoms with van der Waals surface area (Å²) in [4.78, 5) is 14.5. The van der Waals surface area contributed by atoms with E-state index >= 15 is 0 Å². The standard InChI is InChI=1S/C12H11NO5S/c14-12(15)10-1-2-11(18-10)19(16,17)8-5-9-3-6-13-7-4-9/h1-4,6-7H,5,8H2,(H,14,15). The molecular weight excluding hydrogens is 270 g/mol. The third kappa shape index (κ3) is 3.19. The highest BCUT2D eigenvalue weighted by Gasteiger charge is 2.20. The molecule has 0 saturated heterocycles. The number of hydrogen-bond acceptors (Lipinski definition) is 5. The third-order valence-corrected chi connectivity index (χ3v) is 4.08. The normalized spacial score (nSPS) is 11.4. The first-order valence-electron chi connectivity index (χ1n) is 5.44. The second kappa shape index (κ2) is 5.23. The van der Waals surface area contributed by atoms with Gasteiger partial charge in [0.15, 0.2) is 0 Å².